The van der Waals surface area contributed by atoms with Crippen LogP contribution in [0.25, 0.3) is 11.3 Å². The van der Waals surface area contributed by atoms with Gasteiger partial charge in [0.15, 0.2) is 0 Å². The quantitative estimate of drug-likeness (QED) is 0.471. The normalized spacial score (nSPS) is 13.7. The molecule has 1 fully saturated rings. The van der Waals surface area contributed by atoms with Gasteiger partial charge in [0.2, 0.25) is 0 Å². The lowest BCUT2D eigenvalue weighted by atomic mass is 10.1. The van der Waals surface area contributed by atoms with Crippen molar-refractivity contribution < 1.29 is 9.13 Å². The number of ether oxygens (including phenoxy) is 1. The summed E-state index contributed by atoms with van der Waals surface area (Å²) in [5.74, 6) is 0.873. The number of pyridine rings is 1. The number of nitriles is 1. The predicted molar refractivity (Wildman–Crippen MR) is 119 cm³/mol. The molecule has 151 valence electrons. The molecule has 0 amide bonds. The van der Waals surface area contributed by atoms with E-state index >= 15 is 0 Å². The van der Waals surface area contributed by atoms with Crippen LogP contribution < -0.4 is 9.64 Å². The molecule has 0 atom stereocenters. The summed E-state index contributed by atoms with van der Waals surface area (Å²) >= 11 is 3.61. The number of hydrogen-bond donors (Lipinski definition) is 0. The van der Waals surface area contributed by atoms with E-state index in [1.54, 1.807) is 6.07 Å². The highest BCUT2D eigenvalue weighted by Gasteiger charge is 2.20. The Bertz CT molecular complexity index is 1080. The van der Waals surface area contributed by atoms with Crippen molar-refractivity contribution in [3.8, 4) is 23.1 Å². The maximum absolute atomic E-state index is 14.3. The number of hydrogen-bond acceptors (Lipinski definition) is 4. The minimum atomic E-state index is -0.563. The Balaban J connectivity index is 1.74. The highest BCUT2D eigenvalue weighted by molar-refractivity contribution is 9.10. The van der Waals surface area contributed by atoms with Crippen LogP contribution in [0.1, 0.15) is 24.0 Å². The zero-order chi connectivity index (χ0) is 20.9. The van der Waals surface area contributed by atoms with Crippen LogP contribution in [0.2, 0.25) is 0 Å². The third-order valence-electron chi connectivity index (χ3n) is 5.02. The summed E-state index contributed by atoms with van der Waals surface area (Å²) < 4.78 is 21.1. The molecule has 1 aromatic heterocycles. The first-order valence-electron chi connectivity index (χ1n) is 9.79. The van der Waals surface area contributed by atoms with E-state index < -0.39 is 5.82 Å². The molecule has 0 spiro atoms. The van der Waals surface area contributed by atoms with Crippen molar-refractivity contribution in [2.75, 3.05) is 18.0 Å². The Labute approximate surface area is 184 Å². The van der Waals surface area contributed by atoms with Gasteiger partial charge in [0.1, 0.15) is 30.1 Å². The molecule has 2 aromatic carbocycles. The van der Waals surface area contributed by atoms with E-state index in [4.69, 9.17) is 15.0 Å². The van der Waals surface area contributed by atoms with Crippen molar-refractivity contribution in [2.24, 2.45) is 0 Å². The summed E-state index contributed by atoms with van der Waals surface area (Å²) in [5.41, 5.74) is 2.24. The van der Waals surface area contributed by atoms with E-state index in [0.717, 1.165) is 37.3 Å². The van der Waals surface area contributed by atoms with Crippen molar-refractivity contribution in [3.63, 3.8) is 0 Å². The molecule has 4 nitrogen and oxygen atoms in total. The Morgan fingerprint density at radius 3 is 2.70 bits per heavy atom. The third-order valence-corrected chi connectivity index (χ3v) is 5.79. The first kappa shape index (κ1) is 20.4. The Kier molecular flexibility index (Phi) is 6.29. The SMILES string of the molecule is N#Cc1ccc(-c2nc(N3C[CH]CCC3)cc(OCc3ccccc3)c2Br)cc1F. The van der Waals surface area contributed by atoms with Gasteiger partial charge in [-0.3, -0.25) is 0 Å². The van der Waals surface area contributed by atoms with Gasteiger partial charge in [-0.1, -0.05) is 36.4 Å². The van der Waals surface area contributed by atoms with Gasteiger partial charge in [0.25, 0.3) is 0 Å². The summed E-state index contributed by atoms with van der Waals surface area (Å²) in [6, 6.07) is 18.2. The van der Waals surface area contributed by atoms with Gasteiger partial charge in [-0.15, -0.1) is 0 Å². The van der Waals surface area contributed by atoms with Gasteiger partial charge in [0.05, 0.1) is 15.7 Å². The van der Waals surface area contributed by atoms with Crippen LogP contribution in [0.15, 0.2) is 59.1 Å². The second kappa shape index (κ2) is 9.27. The summed E-state index contributed by atoms with van der Waals surface area (Å²) in [6.45, 7) is 2.13. The van der Waals surface area contributed by atoms with E-state index in [9.17, 15) is 4.39 Å². The lowest BCUT2D eigenvalue weighted by molar-refractivity contribution is 0.304. The van der Waals surface area contributed by atoms with Crippen LogP contribution in [0, 0.1) is 23.6 Å². The zero-order valence-corrected chi connectivity index (χ0v) is 17.9. The minimum absolute atomic E-state index is 0.0113. The molecule has 1 aliphatic heterocycles. The highest BCUT2D eigenvalue weighted by Crippen LogP contribution is 2.38. The number of benzene rings is 2. The van der Waals surface area contributed by atoms with Gasteiger partial charge in [-0.05, 0) is 52.9 Å². The number of aromatic nitrogens is 1. The fourth-order valence-corrected chi connectivity index (χ4v) is 3.96. The Morgan fingerprint density at radius 2 is 2.00 bits per heavy atom. The molecule has 1 saturated heterocycles. The average Bonchev–Trinajstić information content (AvgIpc) is 2.79. The molecule has 0 bridgehead atoms. The summed E-state index contributed by atoms with van der Waals surface area (Å²) in [6.07, 6.45) is 4.40. The molecule has 4 rings (SSSR count). The van der Waals surface area contributed by atoms with Crippen LogP contribution in [0.5, 0.6) is 5.75 Å². The van der Waals surface area contributed by atoms with Gasteiger partial charge in [0, 0.05) is 24.7 Å². The maximum Gasteiger partial charge on any atom is 0.141 e. The Hall–Kier alpha value is -2.91. The monoisotopic (exact) mass is 464 g/mol. The number of nitrogens with zero attached hydrogens (tertiary/aromatic N) is 3. The molecule has 0 aliphatic carbocycles. The van der Waals surface area contributed by atoms with E-state index in [1.807, 2.05) is 42.5 Å². The second-order valence-electron chi connectivity index (χ2n) is 7.10. The van der Waals surface area contributed by atoms with Crippen LogP contribution in [-0.4, -0.2) is 18.1 Å². The topological polar surface area (TPSA) is 49.2 Å². The number of piperidine rings is 1. The molecular weight excluding hydrogens is 445 g/mol. The van der Waals surface area contributed by atoms with Crippen LogP contribution in [0.3, 0.4) is 0 Å². The van der Waals surface area contributed by atoms with Crippen molar-refractivity contribution in [3.05, 3.63) is 82.4 Å². The molecule has 0 unspecified atom stereocenters. The zero-order valence-electron chi connectivity index (χ0n) is 16.3. The van der Waals surface area contributed by atoms with Gasteiger partial charge >= 0.3 is 0 Å². The molecule has 6 heteroatoms. The maximum atomic E-state index is 14.3. The van der Waals surface area contributed by atoms with Gasteiger partial charge < -0.3 is 9.64 Å². The van der Waals surface area contributed by atoms with E-state index in [0.29, 0.717) is 28.1 Å². The lowest BCUT2D eigenvalue weighted by Crippen LogP contribution is -2.30. The summed E-state index contributed by atoms with van der Waals surface area (Å²) in [4.78, 5) is 7.00. The van der Waals surface area contributed by atoms with Crippen molar-refractivity contribution in [1.29, 1.82) is 5.26 Å². The standard InChI is InChI=1S/C24H20BrFN3O/c25-23-21(30-16-17-7-3-1-4-8-17)14-22(29-11-5-2-6-12-29)28-24(23)18-9-10-19(15-27)20(26)13-18/h1,3-5,7-10,13-14H,2,6,11-12,16H2. The molecule has 0 saturated carbocycles. The molecule has 2 heterocycles. The predicted octanol–water partition coefficient (Wildman–Crippen LogP) is 5.91. The van der Waals surface area contributed by atoms with Crippen LogP contribution in [0.4, 0.5) is 10.2 Å². The summed E-state index contributed by atoms with van der Waals surface area (Å²) in [7, 11) is 0. The van der Waals surface area contributed by atoms with E-state index in [1.165, 1.54) is 12.1 Å². The number of halogens is 2. The number of anilines is 1. The second-order valence-corrected chi connectivity index (χ2v) is 7.89. The largest absolute Gasteiger partial charge is 0.488 e. The van der Waals surface area contributed by atoms with Gasteiger partial charge in [-0.25, -0.2) is 9.37 Å². The van der Waals surface area contributed by atoms with Crippen LogP contribution >= 0.6 is 15.9 Å². The minimum Gasteiger partial charge on any atom is -0.488 e. The first-order valence-corrected chi connectivity index (χ1v) is 10.6. The first-order chi connectivity index (χ1) is 14.7. The molecule has 30 heavy (non-hydrogen) atoms. The smallest absolute Gasteiger partial charge is 0.141 e. The van der Waals surface area contributed by atoms with Crippen molar-refractivity contribution in [1.82, 2.24) is 4.98 Å². The summed E-state index contributed by atoms with van der Waals surface area (Å²) in [5, 5.41) is 9.03. The lowest BCUT2D eigenvalue weighted by Gasteiger charge is -2.28. The highest BCUT2D eigenvalue weighted by atomic mass is 79.9. The molecule has 0 N–H and O–H groups in total. The fourth-order valence-electron chi connectivity index (χ4n) is 3.41. The molecular formula is C24H20BrFN3O. The van der Waals surface area contributed by atoms with Crippen molar-refractivity contribution >= 4 is 21.7 Å². The Morgan fingerprint density at radius 1 is 1.17 bits per heavy atom. The average molecular weight is 465 g/mol. The van der Waals surface area contributed by atoms with E-state index in [2.05, 4.69) is 27.3 Å². The molecule has 1 radical (unpaired) electrons. The molecule has 1 aliphatic rings. The fraction of sp³-hybridized carbons (Fsp3) is 0.208. The van der Waals surface area contributed by atoms with Crippen molar-refractivity contribution in [2.45, 2.75) is 19.4 Å². The molecule has 3 aromatic rings. The third kappa shape index (κ3) is 4.47. The van der Waals surface area contributed by atoms with E-state index in [-0.39, 0.29) is 5.56 Å². The number of rotatable bonds is 5. The van der Waals surface area contributed by atoms with Gasteiger partial charge in [-0.2, -0.15) is 5.26 Å². The van der Waals surface area contributed by atoms with Crippen LogP contribution in [-0.2, 0) is 6.61 Å².